The van der Waals surface area contributed by atoms with E-state index < -0.39 is 0 Å². The molecular formula is C9H12ClNO2. The van der Waals surface area contributed by atoms with Crippen molar-refractivity contribution >= 4 is 11.6 Å². The lowest BCUT2D eigenvalue weighted by Crippen LogP contribution is -2.16. The maximum Gasteiger partial charge on any atom is 0.121 e. The third-order valence-corrected chi connectivity index (χ3v) is 1.97. The number of methoxy groups -OCH3 is 1. The molecule has 0 saturated carbocycles. The van der Waals surface area contributed by atoms with E-state index in [0.29, 0.717) is 17.2 Å². The summed E-state index contributed by atoms with van der Waals surface area (Å²) in [4.78, 5) is 0. The van der Waals surface area contributed by atoms with Crippen molar-refractivity contribution in [2.24, 2.45) is 5.73 Å². The Bertz CT molecular complexity index is 291. The summed E-state index contributed by atoms with van der Waals surface area (Å²) in [5.41, 5.74) is 6.37. The van der Waals surface area contributed by atoms with Gasteiger partial charge < -0.3 is 15.6 Å². The molecule has 4 heteroatoms. The van der Waals surface area contributed by atoms with Crippen molar-refractivity contribution in [2.45, 2.75) is 6.04 Å². The molecule has 0 heterocycles. The Morgan fingerprint density at radius 1 is 1.62 bits per heavy atom. The molecule has 0 amide bonds. The van der Waals surface area contributed by atoms with E-state index in [1.165, 1.54) is 6.07 Å². The van der Waals surface area contributed by atoms with Crippen LogP contribution < -0.4 is 5.73 Å². The number of phenols is 1. The van der Waals surface area contributed by atoms with Crippen molar-refractivity contribution in [2.75, 3.05) is 13.7 Å². The topological polar surface area (TPSA) is 55.5 Å². The molecule has 3 nitrogen and oxygen atoms in total. The minimum atomic E-state index is -0.317. The van der Waals surface area contributed by atoms with Crippen molar-refractivity contribution in [1.82, 2.24) is 0 Å². The van der Waals surface area contributed by atoms with E-state index in [9.17, 15) is 5.11 Å². The first-order chi connectivity index (χ1) is 6.15. The maximum absolute atomic E-state index is 9.47. The molecular weight excluding hydrogens is 190 g/mol. The zero-order valence-corrected chi connectivity index (χ0v) is 8.08. The molecule has 0 spiro atoms. The van der Waals surface area contributed by atoms with Crippen molar-refractivity contribution in [3.63, 3.8) is 0 Å². The molecule has 0 radical (unpaired) electrons. The lowest BCUT2D eigenvalue weighted by atomic mass is 10.1. The van der Waals surface area contributed by atoms with Crippen LogP contribution in [0.1, 0.15) is 11.6 Å². The number of nitrogens with two attached hydrogens (primary N) is 1. The SMILES string of the molecule is COC[C@H](N)c1ccc(Cl)cc1O. The first kappa shape index (κ1) is 10.3. The number of halogens is 1. The van der Waals surface area contributed by atoms with E-state index in [0.717, 1.165) is 0 Å². The molecule has 0 aromatic heterocycles. The molecule has 1 rings (SSSR count). The predicted octanol–water partition coefficient (Wildman–Crippen LogP) is 1.69. The van der Waals surface area contributed by atoms with Crippen molar-refractivity contribution < 1.29 is 9.84 Å². The molecule has 1 aromatic carbocycles. The largest absolute Gasteiger partial charge is 0.508 e. The number of phenolic OH excluding ortho intramolecular Hbond substituents is 1. The Hall–Kier alpha value is -0.770. The minimum Gasteiger partial charge on any atom is -0.508 e. The fourth-order valence-corrected chi connectivity index (χ4v) is 1.27. The fourth-order valence-electron chi connectivity index (χ4n) is 1.10. The second-order valence-electron chi connectivity index (χ2n) is 2.76. The molecule has 1 aromatic rings. The monoisotopic (exact) mass is 201 g/mol. The van der Waals surface area contributed by atoms with Gasteiger partial charge in [0.05, 0.1) is 12.6 Å². The molecule has 13 heavy (non-hydrogen) atoms. The third-order valence-electron chi connectivity index (χ3n) is 1.74. The van der Waals surface area contributed by atoms with E-state index >= 15 is 0 Å². The van der Waals surface area contributed by atoms with Crippen molar-refractivity contribution in [3.8, 4) is 5.75 Å². The molecule has 0 unspecified atom stereocenters. The second kappa shape index (κ2) is 4.46. The van der Waals surface area contributed by atoms with Crippen molar-refractivity contribution in [1.29, 1.82) is 0 Å². The normalized spacial score (nSPS) is 12.8. The van der Waals surface area contributed by atoms with Crippen LogP contribution in [0.25, 0.3) is 0 Å². The summed E-state index contributed by atoms with van der Waals surface area (Å²) in [6, 6.07) is 4.53. The summed E-state index contributed by atoms with van der Waals surface area (Å²) in [6.07, 6.45) is 0. The number of hydrogen-bond acceptors (Lipinski definition) is 3. The van der Waals surface area contributed by atoms with Gasteiger partial charge in [-0.15, -0.1) is 0 Å². The molecule has 3 N–H and O–H groups in total. The Kier molecular flexibility index (Phi) is 3.54. The zero-order chi connectivity index (χ0) is 9.84. The number of hydrogen-bond donors (Lipinski definition) is 2. The highest BCUT2D eigenvalue weighted by atomic mass is 35.5. The third kappa shape index (κ3) is 2.59. The molecule has 0 fully saturated rings. The van der Waals surface area contributed by atoms with E-state index in [-0.39, 0.29) is 11.8 Å². The Balaban J connectivity index is 2.88. The smallest absolute Gasteiger partial charge is 0.121 e. The van der Waals surface area contributed by atoms with Crippen LogP contribution in [0.15, 0.2) is 18.2 Å². The summed E-state index contributed by atoms with van der Waals surface area (Å²) in [5, 5.41) is 9.96. The Labute approximate surface area is 82.1 Å². The first-order valence-electron chi connectivity index (χ1n) is 3.88. The molecule has 0 saturated heterocycles. The molecule has 0 aliphatic rings. The highest BCUT2D eigenvalue weighted by Crippen LogP contribution is 2.26. The van der Waals surface area contributed by atoms with Crippen LogP contribution in [0.5, 0.6) is 5.75 Å². The predicted molar refractivity (Wildman–Crippen MR) is 51.9 cm³/mol. The van der Waals surface area contributed by atoms with Crippen molar-refractivity contribution in [3.05, 3.63) is 28.8 Å². The first-order valence-corrected chi connectivity index (χ1v) is 4.26. The summed E-state index contributed by atoms with van der Waals surface area (Å²) < 4.78 is 4.87. The van der Waals surface area contributed by atoms with Gasteiger partial charge in [0.15, 0.2) is 0 Å². The van der Waals surface area contributed by atoms with Crippen LogP contribution in [0, 0.1) is 0 Å². The van der Waals surface area contributed by atoms with Gasteiger partial charge in [0, 0.05) is 17.7 Å². The van der Waals surface area contributed by atoms with Crippen LogP contribution in [-0.4, -0.2) is 18.8 Å². The highest BCUT2D eigenvalue weighted by molar-refractivity contribution is 6.30. The van der Waals surface area contributed by atoms with Crippen LogP contribution in [-0.2, 0) is 4.74 Å². The number of benzene rings is 1. The van der Waals surface area contributed by atoms with E-state index in [1.807, 2.05) is 0 Å². The molecule has 0 bridgehead atoms. The van der Waals surface area contributed by atoms with Gasteiger partial charge in [-0.25, -0.2) is 0 Å². The van der Waals surface area contributed by atoms with E-state index in [4.69, 9.17) is 22.1 Å². The highest BCUT2D eigenvalue weighted by Gasteiger charge is 2.10. The van der Waals surface area contributed by atoms with Crippen LogP contribution in [0.2, 0.25) is 5.02 Å². The van der Waals surface area contributed by atoms with Gasteiger partial charge in [0.1, 0.15) is 5.75 Å². The maximum atomic E-state index is 9.47. The Morgan fingerprint density at radius 3 is 2.85 bits per heavy atom. The van der Waals surface area contributed by atoms with E-state index in [2.05, 4.69) is 0 Å². The zero-order valence-electron chi connectivity index (χ0n) is 7.33. The van der Waals surface area contributed by atoms with Gasteiger partial charge in [0.25, 0.3) is 0 Å². The number of ether oxygens (including phenoxy) is 1. The molecule has 1 atom stereocenters. The van der Waals surface area contributed by atoms with Gasteiger partial charge in [0.2, 0.25) is 0 Å². The lowest BCUT2D eigenvalue weighted by molar-refractivity contribution is 0.180. The molecule has 72 valence electrons. The van der Waals surface area contributed by atoms with Crippen LogP contribution >= 0.6 is 11.6 Å². The number of rotatable bonds is 3. The summed E-state index contributed by atoms with van der Waals surface area (Å²) in [6.45, 7) is 0.370. The second-order valence-corrected chi connectivity index (χ2v) is 3.20. The average Bonchev–Trinajstić information content (AvgIpc) is 2.04. The van der Waals surface area contributed by atoms with Gasteiger partial charge in [-0.3, -0.25) is 0 Å². The summed E-state index contributed by atoms with van der Waals surface area (Å²) in [5.74, 6) is 0.108. The molecule has 0 aliphatic heterocycles. The lowest BCUT2D eigenvalue weighted by Gasteiger charge is -2.12. The minimum absolute atomic E-state index is 0.108. The van der Waals surface area contributed by atoms with Crippen LogP contribution in [0.3, 0.4) is 0 Å². The fraction of sp³-hybridized carbons (Fsp3) is 0.333. The van der Waals surface area contributed by atoms with E-state index in [1.54, 1.807) is 19.2 Å². The quantitative estimate of drug-likeness (QED) is 0.783. The summed E-state index contributed by atoms with van der Waals surface area (Å²) >= 11 is 5.67. The van der Waals surface area contributed by atoms with Gasteiger partial charge in [-0.1, -0.05) is 17.7 Å². The van der Waals surface area contributed by atoms with Gasteiger partial charge in [-0.05, 0) is 12.1 Å². The average molecular weight is 202 g/mol. The van der Waals surface area contributed by atoms with Crippen LogP contribution in [0.4, 0.5) is 0 Å². The Morgan fingerprint density at radius 2 is 2.31 bits per heavy atom. The summed E-state index contributed by atoms with van der Waals surface area (Å²) in [7, 11) is 1.56. The van der Waals surface area contributed by atoms with Gasteiger partial charge >= 0.3 is 0 Å². The molecule has 0 aliphatic carbocycles. The number of aromatic hydroxyl groups is 1. The van der Waals surface area contributed by atoms with Gasteiger partial charge in [-0.2, -0.15) is 0 Å². The standard InChI is InChI=1S/C9H12ClNO2/c1-13-5-8(11)7-3-2-6(10)4-9(7)12/h2-4,8,12H,5,11H2,1H3/t8-/m0/s1.